The minimum Gasteiger partial charge on any atom is -0.398 e. The Morgan fingerprint density at radius 2 is 1.95 bits per heavy atom. The van der Waals surface area contributed by atoms with Gasteiger partial charge in [-0.2, -0.15) is 0 Å². The van der Waals surface area contributed by atoms with Gasteiger partial charge in [-0.3, -0.25) is 9.59 Å². The number of amides is 2. The van der Waals surface area contributed by atoms with Crippen molar-refractivity contribution in [3.63, 3.8) is 0 Å². The highest BCUT2D eigenvalue weighted by atomic mass is 79.9. The van der Waals surface area contributed by atoms with Crippen molar-refractivity contribution in [1.82, 2.24) is 10.2 Å². The van der Waals surface area contributed by atoms with Crippen LogP contribution in [-0.4, -0.2) is 36.3 Å². The maximum atomic E-state index is 12.0. The van der Waals surface area contributed by atoms with Crippen LogP contribution in [0.4, 0.5) is 5.69 Å². The van der Waals surface area contributed by atoms with Crippen LogP contribution in [0.3, 0.4) is 0 Å². The Morgan fingerprint density at radius 1 is 1.25 bits per heavy atom. The zero-order chi connectivity index (χ0) is 14.5. The van der Waals surface area contributed by atoms with Gasteiger partial charge in [0.15, 0.2) is 0 Å². The predicted molar refractivity (Wildman–Crippen MR) is 81.3 cm³/mol. The van der Waals surface area contributed by atoms with Crippen molar-refractivity contribution in [2.45, 2.75) is 19.3 Å². The van der Waals surface area contributed by atoms with E-state index < -0.39 is 0 Å². The van der Waals surface area contributed by atoms with Crippen LogP contribution in [0.1, 0.15) is 29.6 Å². The number of nitrogens with zero attached hydrogens (tertiary/aromatic N) is 1. The first-order chi connectivity index (χ1) is 9.59. The fourth-order valence-corrected chi connectivity index (χ4v) is 2.68. The number of halogens is 1. The molecule has 1 aliphatic heterocycles. The molecule has 1 aromatic rings. The second-order valence-electron chi connectivity index (χ2n) is 4.83. The van der Waals surface area contributed by atoms with E-state index in [1.807, 2.05) is 0 Å². The van der Waals surface area contributed by atoms with Crippen LogP contribution >= 0.6 is 15.9 Å². The lowest BCUT2D eigenvalue weighted by atomic mass is 10.1. The van der Waals surface area contributed by atoms with E-state index in [-0.39, 0.29) is 18.4 Å². The van der Waals surface area contributed by atoms with Crippen LogP contribution in [0.2, 0.25) is 0 Å². The minimum absolute atomic E-state index is 0.0278. The normalized spacial score (nSPS) is 14.9. The van der Waals surface area contributed by atoms with Crippen molar-refractivity contribution in [3.8, 4) is 0 Å². The molecule has 0 aliphatic carbocycles. The van der Waals surface area contributed by atoms with Crippen molar-refractivity contribution in [1.29, 1.82) is 0 Å². The number of anilines is 1. The first-order valence-electron chi connectivity index (χ1n) is 6.69. The van der Waals surface area contributed by atoms with Crippen LogP contribution in [0.5, 0.6) is 0 Å². The monoisotopic (exact) mass is 339 g/mol. The molecule has 6 heteroatoms. The molecule has 108 valence electrons. The van der Waals surface area contributed by atoms with E-state index >= 15 is 0 Å². The summed E-state index contributed by atoms with van der Waals surface area (Å²) in [6.07, 6.45) is 3.26. The number of piperidine rings is 1. The molecule has 0 saturated carbocycles. The lowest BCUT2D eigenvalue weighted by molar-refractivity contribution is -0.130. The fourth-order valence-electron chi connectivity index (χ4n) is 2.23. The lowest BCUT2D eigenvalue weighted by Crippen LogP contribution is -2.42. The Balaban J connectivity index is 1.91. The summed E-state index contributed by atoms with van der Waals surface area (Å²) in [5.74, 6) is -0.326. The topological polar surface area (TPSA) is 75.4 Å². The van der Waals surface area contributed by atoms with Gasteiger partial charge in [-0.25, -0.2) is 0 Å². The predicted octanol–water partition coefficient (Wildman–Crippen LogP) is 1.77. The smallest absolute Gasteiger partial charge is 0.252 e. The van der Waals surface area contributed by atoms with E-state index in [1.54, 1.807) is 23.1 Å². The quantitative estimate of drug-likeness (QED) is 0.824. The second-order valence-corrected chi connectivity index (χ2v) is 5.63. The number of nitrogens with one attached hydrogen (secondary N) is 1. The molecule has 1 heterocycles. The molecule has 0 unspecified atom stereocenters. The van der Waals surface area contributed by atoms with E-state index in [4.69, 9.17) is 5.73 Å². The lowest BCUT2D eigenvalue weighted by Gasteiger charge is -2.26. The maximum Gasteiger partial charge on any atom is 0.252 e. The third kappa shape index (κ3) is 3.50. The van der Waals surface area contributed by atoms with E-state index in [9.17, 15) is 9.59 Å². The van der Waals surface area contributed by atoms with Crippen molar-refractivity contribution in [2.75, 3.05) is 25.4 Å². The fraction of sp³-hybridized carbons (Fsp3) is 0.429. The Kier molecular flexibility index (Phi) is 5.00. The molecule has 0 bridgehead atoms. The molecule has 1 aliphatic rings. The first-order valence-corrected chi connectivity index (χ1v) is 7.49. The molecule has 3 N–H and O–H groups in total. The maximum absolute atomic E-state index is 12.0. The SMILES string of the molecule is Nc1cccc(C(=O)NCC(=O)N2CCCCC2)c1Br. The molecule has 1 fully saturated rings. The van der Waals surface area contributed by atoms with E-state index in [0.29, 0.717) is 15.7 Å². The van der Waals surface area contributed by atoms with Gasteiger partial charge in [0.1, 0.15) is 0 Å². The van der Waals surface area contributed by atoms with Gasteiger partial charge in [0.05, 0.1) is 16.6 Å². The molecule has 0 aromatic heterocycles. The third-order valence-corrected chi connectivity index (χ3v) is 4.27. The van der Waals surface area contributed by atoms with Gasteiger partial charge >= 0.3 is 0 Å². The molecule has 1 aromatic carbocycles. The number of rotatable bonds is 3. The van der Waals surface area contributed by atoms with Gasteiger partial charge < -0.3 is 16.0 Å². The van der Waals surface area contributed by atoms with Gasteiger partial charge in [0.25, 0.3) is 5.91 Å². The number of likely N-dealkylation sites (tertiary alicyclic amines) is 1. The zero-order valence-electron chi connectivity index (χ0n) is 11.2. The molecule has 5 nitrogen and oxygen atoms in total. The van der Waals surface area contributed by atoms with Crippen LogP contribution < -0.4 is 11.1 Å². The molecular formula is C14H18BrN3O2. The highest BCUT2D eigenvalue weighted by Crippen LogP contribution is 2.23. The van der Waals surface area contributed by atoms with E-state index in [1.165, 1.54) is 6.42 Å². The van der Waals surface area contributed by atoms with Crippen LogP contribution in [0.15, 0.2) is 22.7 Å². The third-order valence-electron chi connectivity index (χ3n) is 3.38. The van der Waals surface area contributed by atoms with Crippen LogP contribution in [-0.2, 0) is 4.79 Å². The van der Waals surface area contributed by atoms with Crippen LogP contribution in [0.25, 0.3) is 0 Å². The summed E-state index contributed by atoms with van der Waals surface area (Å²) in [7, 11) is 0. The van der Waals surface area contributed by atoms with E-state index in [0.717, 1.165) is 25.9 Å². The molecular weight excluding hydrogens is 322 g/mol. The van der Waals surface area contributed by atoms with Gasteiger partial charge in [-0.1, -0.05) is 6.07 Å². The van der Waals surface area contributed by atoms with Gasteiger partial charge in [0, 0.05) is 18.8 Å². The van der Waals surface area contributed by atoms with Gasteiger partial charge in [0.2, 0.25) is 5.91 Å². The number of nitrogens with two attached hydrogens (primary N) is 1. The summed E-state index contributed by atoms with van der Waals surface area (Å²) in [4.78, 5) is 25.8. The largest absolute Gasteiger partial charge is 0.398 e. The summed E-state index contributed by atoms with van der Waals surface area (Å²) in [6, 6.07) is 5.09. The number of carbonyl (C=O) groups excluding carboxylic acids is 2. The number of hydrogen-bond donors (Lipinski definition) is 2. The van der Waals surface area contributed by atoms with E-state index in [2.05, 4.69) is 21.2 Å². The first kappa shape index (κ1) is 14.8. The Morgan fingerprint density at radius 3 is 2.65 bits per heavy atom. The highest BCUT2D eigenvalue weighted by Gasteiger charge is 2.18. The van der Waals surface area contributed by atoms with Crippen molar-refractivity contribution in [3.05, 3.63) is 28.2 Å². The highest BCUT2D eigenvalue weighted by molar-refractivity contribution is 9.10. The zero-order valence-corrected chi connectivity index (χ0v) is 12.8. The summed E-state index contributed by atoms with van der Waals surface area (Å²) in [5, 5.41) is 2.65. The van der Waals surface area contributed by atoms with Gasteiger partial charge in [-0.05, 0) is 47.3 Å². The molecule has 20 heavy (non-hydrogen) atoms. The molecule has 0 radical (unpaired) electrons. The molecule has 2 rings (SSSR count). The molecule has 0 atom stereocenters. The average molecular weight is 340 g/mol. The number of hydrogen-bond acceptors (Lipinski definition) is 3. The van der Waals surface area contributed by atoms with Crippen LogP contribution in [0, 0.1) is 0 Å². The van der Waals surface area contributed by atoms with Crippen molar-refractivity contribution < 1.29 is 9.59 Å². The Hall–Kier alpha value is -1.56. The van der Waals surface area contributed by atoms with Crippen molar-refractivity contribution in [2.24, 2.45) is 0 Å². The second kappa shape index (κ2) is 6.74. The summed E-state index contributed by atoms with van der Waals surface area (Å²) in [5.41, 5.74) is 6.67. The van der Waals surface area contributed by atoms with Gasteiger partial charge in [-0.15, -0.1) is 0 Å². The summed E-state index contributed by atoms with van der Waals surface area (Å²) in [6.45, 7) is 1.60. The number of nitrogen functional groups attached to an aromatic ring is 1. The number of benzene rings is 1. The molecule has 0 spiro atoms. The summed E-state index contributed by atoms with van der Waals surface area (Å²) >= 11 is 3.28. The standard InChI is InChI=1S/C14H18BrN3O2/c15-13-10(5-4-6-11(13)16)14(20)17-9-12(19)18-7-2-1-3-8-18/h4-6H,1-3,7-9,16H2,(H,17,20). The molecule has 1 saturated heterocycles. The Bertz CT molecular complexity index is 513. The average Bonchev–Trinajstić information content (AvgIpc) is 2.48. The molecule has 2 amide bonds. The minimum atomic E-state index is -0.297. The summed E-state index contributed by atoms with van der Waals surface area (Å²) < 4.78 is 0.558. The number of carbonyl (C=O) groups is 2. The van der Waals surface area contributed by atoms with Crippen molar-refractivity contribution >= 4 is 33.4 Å². The Labute approximate surface area is 126 Å².